The van der Waals surface area contributed by atoms with Crippen LogP contribution in [0.15, 0.2) is 18.3 Å². The second-order valence-corrected chi connectivity index (χ2v) is 8.69. The highest BCUT2D eigenvalue weighted by atomic mass is 16.5. The van der Waals surface area contributed by atoms with Gasteiger partial charge in [0.15, 0.2) is 5.65 Å². The lowest BCUT2D eigenvalue weighted by Gasteiger charge is -2.34. The van der Waals surface area contributed by atoms with Crippen LogP contribution in [-0.2, 0) is 24.8 Å². The summed E-state index contributed by atoms with van der Waals surface area (Å²) in [5.74, 6) is 1.55. The van der Waals surface area contributed by atoms with Crippen molar-refractivity contribution >= 4 is 22.8 Å². The van der Waals surface area contributed by atoms with Crippen molar-refractivity contribution in [2.24, 2.45) is 7.05 Å². The van der Waals surface area contributed by atoms with E-state index in [-0.39, 0.29) is 5.91 Å². The van der Waals surface area contributed by atoms with Gasteiger partial charge in [-0.15, -0.1) is 5.10 Å². The molecule has 3 aromatic heterocycles. The standard InChI is InChI=1S/C24H33N7O2/c1-16-19(17(2)27-23-21(16)24(33-5)28-30(23)4)8-9-20(32)26-15-18-7-6-10-25-22(18)31-13-11-29(3)12-14-31/h6-7,10H,8-9,11-15H2,1-5H3,(H,26,32). The Morgan fingerprint density at radius 3 is 2.67 bits per heavy atom. The summed E-state index contributed by atoms with van der Waals surface area (Å²) in [6.07, 6.45) is 2.82. The molecule has 9 nitrogen and oxygen atoms in total. The Hall–Kier alpha value is -3.20. The van der Waals surface area contributed by atoms with Crippen molar-refractivity contribution in [3.8, 4) is 5.88 Å². The van der Waals surface area contributed by atoms with Gasteiger partial charge in [0, 0.05) is 63.6 Å². The number of ether oxygens (including phenoxy) is 1. The molecule has 1 amide bonds. The van der Waals surface area contributed by atoms with Crippen molar-refractivity contribution in [3.05, 3.63) is 40.7 Å². The number of carbonyl (C=O) groups is 1. The molecule has 0 aromatic carbocycles. The van der Waals surface area contributed by atoms with Gasteiger partial charge in [0.25, 0.3) is 0 Å². The zero-order valence-corrected chi connectivity index (χ0v) is 20.2. The van der Waals surface area contributed by atoms with Crippen LogP contribution >= 0.6 is 0 Å². The van der Waals surface area contributed by atoms with Crippen LogP contribution in [0.1, 0.15) is 28.8 Å². The molecule has 33 heavy (non-hydrogen) atoms. The van der Waals surface area contributed by atoms with E-state index in [1.807, 2.05) is 39.2 Å². The van der Waals surface area contributed by atoms with Gasteiger partial charge in [0.2, 0.25) is 11.8 Å². The number of methoxy groups -OCH3 is 1. The maximum Gasteiger partial charge on any atom is 0.242 e. The number of fused-ring (bicyclic) bond motifs is 1. The molecule has 0 aliphatic carbocycles. The number of likely N-dealkylation sites (N-methyl/N-ethyl adjacent to an activating group) is 1. The van der Waals surface area contributed by atoms with Gasteiger partial charge >= 0.3 is 0 Å². The van der Waals surface area contributed by atoms with E-state index in [4.69, 9.17) is 9.72 Å². The summed E-state index contributed by atoms with van der Waals surface area (Å²) in [4.78, 5) is 26.7. The van der Waals surface area contributed by atoms with Crippen LogP contribution in [0.4, 0.5) is 5.82 Å². The Kier molecular flexibility index (Phi) is 6.78. The summed E-state index contributed by atoms with van der Waals surface area (Å²) in [5.41, 5.74) is 4.90. The Morgan fingerprint density at radius 2 is 1.94 bits per heavy atom. The van der Waals surface area contributed by atoms with Crippen molar-refractivity contribution < 1.29 is 9.53 Å². The number of hydrogen-bond acceptors (Lipinski definition) is 7. The maximum absolute atomic E-state index is 12.7. The lowest BCUT2D eigenvalue weighted by atomic mass is 10.00. The van der Waals surface area contributed by atoms with Gasteiger partial charge in [-0.05, 0) is 44.5 Å². The summed E-state index contributed by atoms with van der Waals surface area (Å²) >= 11 is 0. The average molecular weight is 452 g/mol. The molecule has 0 spiro atoms. The van der Waals surface area contributed by atoms with E-state index in [9.17, 15) is 4.79 Å². The topological polar surface area (TPSA) is 88.4 Å². The number of amides is 1. The number of rotatable bonds is 7. The highest BCUT2D eigenvalue weighted by Crippen LogP contribution is 2.30. The fraction of sp³-hybridized carbons (Fsp3) is 0.500. The Labute approximate surface area is 194 Å². The van der Waals surface area contributed by atoms with E-state index in [1.54, 1.807) is 11.8 Å². The molecule has 0 radical (unpaired) electrons. The van der Waals surface area contributed by atoms with Crippen LogP contribution in [0.3, 0.4) is 0 Å². The van der Waals surface area contributed by atoms with Crippen LogP contribution < -0.4 is 15.0 Å². The first-order valence-electron chi connectivity index (χ1n) is 11.4. The monoisotopic (exact) mass is 451 g/mol. The molecule has 1 aliphatic heterocycles. The number of carbonyl (C=O) groups excluding carboxylic acids is 1. The second-order valence-electron chi connectivity index (χ2n) is 8.69. The molecule has 1 N–H and O–H groups in total. The molecule has 9 heteroatoms. The van der Waals surface area contributed by atoms with E-state index in [1.165, 1.54) is 0 Å². The molecule has 0 atom stereocenters. The van der Waals surface area contributed by atoms with E-state index >= 15 is 0 Å². The molecule has 176 valence electrons. The Bertz CT molecular complexity index is 1150. The van der Waals surface area contributed by atoms with Gasteiger partial charge in [0.05, 0.1) is 12.5 Å². The molecule has 0 saturated carbocycles. The molecular formula is C24H33N7O2. The van der Waals surface area contributed by atoms with Gasteiger partial charge < -0.3 is 19.9 Å². The summed E-state index contributed by atoms with van der Waals surface area (Å²) in [6, 6.07) is 3.97. The molecule has 0 bridgehead atoms. The number of hydrogen-bond donors (Lipinski definition) is 1. The maximum atomic E-state index is 12.7. The summed E-state index contributed by atoms with van der Waals surface area (Å²) in [6.45, 7) is 8.42. The number of pyridine rings is 2. The number of piperazine rings is 1. The average Bonchev–Trinajstić information content (AvgIpc) is 3.13. The van der Waals surface area contributed by atoms with Gasteiger partial charge in [-0.2, -0.15) is 0 Å². The third kappa shape index (κ3) is 4.78. The lowest BCUT2D eigenvalue weighted by molar-refractivity contribution is -0.121. The molecule has 3 aromatic rings. The minimum Gasteiger partial charge on any atom is -0.479 e. The SMILES string of the molecule is COc1nn(C)c2nc(C)c(CCC(=O)NCc3cccnc3N3CCN(C)CC3)c(C)c12. The van der Waals surface area contributed by atoms with Gasteiger partial charge in [0.1, 0.15) is 5.82 Å². The first-order valence-corrected chi connectivity index (χ1v) is 11.4. The van der Waals surface area contributed by atoms with Crippen LogP contribution in [0.25, 0.3) is 11.0 Å². The number of nitrogens with one attached hydrogen (secondary N) is 1. The zero-order valence-electron chi connectivity index (χ0n) is 20.2. The van der Waals surface area contributed by atoms with Gasteiger partial charge in [-0.1, -0.05) is 6.07 Å². The normalized spacial score (nSPS) is 14.6. The minimum atomic E-state index is 0.0141. The van der Waals surface area contributed by atoms with Crippen LogP contribution in [-0.4, -0.2) is 70.9 Å². The molecule has 4 heterocycles. The molecule has 1 fully saturated rings. The van der Waals surface area contributed by atoms with Crippen molar-refractivity contribution in [1.29, 1.82) is 0 Å². The molecule has 4 rings (SSSR count). The third-order valence-electron chi connectivity index (χ3n) is 6.46. The minimum absolute atomic E-state index is 0.0141. The Balaban J connectivity index is 1.41. The van der Waals surface area contributed by atoms with Gasteiger partial charge in [-0.25, -0.2) is 14.6 Å². The highest BCUT2D eigenvalue weighted by molar-refractivity contribution is 5.86. The molecule has 1 aliphatic rings. The summed E-state index contributed by atoms with van der Waals surface area (Å²) in [5, 5.41) is 8.39. The number of nitrogens with zero attached hydrogens (tertiary/aromatic N) is 6. The zero-order chi connectivity index (χ0) is 23.5. The van der Waals surface area contributed by atoms with Crippen LogP contribution in [0, 0.1) is 13.8 Å². The largest absolute Gasteiger partial charge is 0.479 e. The third-order valence-corrected chi connectivity index (χ3v) is 6.46. The first-order chi connectivity index (χ1) is 15.9. The van der Waals surface area contributed by atoms with Crippen LogP contribution in [0.2, 0.25) is 0 Å². The smallest absolute Gasteiger partial charge is 0.242 e. The van der Waals surface area contributed by atoms with Crippen molar-refractivity contribution in [3.63, 3.8) is 0 Å². The van der Waals surface area contributed by atoms with Gasteiger partial charge in [-0.3, -0.25) is 4.79 Å². The van der Waals surface area contributed by atoms with E-state index in [0.717, 1.165) is 65.4 Å². The lowest BCUT2D eigenvalue weighted by Crippen LogP contribution is -2.45. The van der Waals surface area contributed by atoms with Crippen molar-refractivity contribution in [2.45, 2.75) is 33.2 Å². The van der Waals surface area contributed by atoms with E-state index < -0.39 is 0 Å². The quantitative estimate of drug-likeness (QED) is 0.588. The number of anilines is 1. The fourth-order valence-electron chi connectivity index (χ4n) is 4.50. The predicted molar refractivity (Wildman–Crippen MR) is 129 cm³/mol. The highest BCUT2D eigenvalue weighted by Gasteiger charge is 2.20. The summed E-state index contributed by atoms with van der Waals surface area (Å²) in [7, 11) is 5.61. The van der Waals surface area contributed by atoms with Crippen molar-refractivity contribution in [2.75, 3.05) is 45.2 Å². The molecule has 0 unspecified atom stereocenters. The summed E-state index contributed by atoms with van der Waals surface area (Å²) < 4.78 is 7.17. The predicted octanol–water partition coefficient (Wildman–Crippen LogP) is 1.99. The van der Waals surface area contributed by atoms with Crippen LogP contribution in [0.5, 0.6) is 5.88 Å². The number of aryl methyl sites for hydroxylation is 3. The Morgan fingerprint density at radius 1 is 1.18 bits per heavy atom. The molecule has 1 saturated heterocycles. The molecular weight excluding hydrogens is 418 g/mol. The van der Waals surface area contributed by atoms with E-state index in [0.29, 0.717) is 25.3 Å². The second kappa shape index (κ2) is 9.74. The number of aromatic nitrogens is 4. The fourth-order valence-corrected chi connectivity index (χ4v) is 4.50. The van der Waals surface area contributed by atoms with E-state index in [2.05, 4.69) is 32.2 Å². The van der Waals surface area contributed by atoms with Crippen molar-refractivity contribution in [1.82, 2.24) is 30.0 Å². The first kappa shape index (κ1) is 23.0.